The predicted octanol–water partition coefficient (Wildman–Crippen LogP) is 2.45. The molecule has 19 heavy (non-hydrogen) atoms. The summed E-state index contributed by atoms with van der Waals surface area (Å²) in [5, 5.41) is 3.97. The van der Waals surface area contributed by atoms with Gasteiger partial charge in [-0.25, -0.2) is 5.43 Å². The Balaban J connectivity index is 1.95. The van der Waals surface area contributed by atoms with Gasteiger partial charge in [0.2, 0.25) is 0 Å². The highest BCUT2D eigenvalue weighted by molar-refractivity contribution is 7.80. The van der Waals surface area contributed by atoms with E-state index in [0.717, 1.165) is 0 Å². The predicted molar refractivity (Wildman–Crippen MR) is 80.4 cm³/mol. The molecule has 2 unspecified atom stereocenters. The number of hydrogen-bond donors (Lipinski definition) is 3. The Labute approximate surface area is 118 Å². The quantitative estimate of drug-likeness (QED) is 0.732. The molecule has 1 heterocycles. The van der Waals surface area contributed by atoms with Gasteiger partial charge in [0, 0.05) is 0 Å². The SMILES string of the molecule is S=C1NNC(c2ccccc2)C(c2ccccc2)N1. The highest BCUT2D eigenvalue weighted by Gasteiger charge is 2.28. The zero-order valence-electron chi connectivity index (χ0n) is 10.3. The molecule has 3 N–H and O–H groups in total. The van der Waals surface area contributed by atoms with Crippen molar-refractivity contribution in [3.8, 4) is 0 Å². The highest BCUT2D eigenvalue weighted by atomic mass is 32.1. The van der Waals surface area contributed by atoms with Crippen LogP contribution in [-0.4, -0.2) is 5.11 Å². The number of benzene rings is 2. The van der Waals surface area contributed by atoms with E-state index < -0.39 is 0 Å². The van der Waals surface area contributed by atoms with Crippen molar-refractivity contribution in [1.82, 2.24) is 16.2 Å². The molecule has 0 radical (unpaired) electrons. The summed E-state index contributed by atoms with van der Waals surface area (Å²) in [6, 6.07) is 21.0. The lowest BCUT2D eigenvalue weighted by molar-refractivity contribution is 0.369. The van der Waals surface area contributed by atoms with E-state index >= 15 is 0 Å². The molecule has 0 amide bonds. The van der Waals surface area contributed by atoms with Gasteiger partial charge in [0.05, 0.1) is 12.1 Å². The van der Waals surface area contributed by atoms with Crippen LogP contribution in [0.5, 0.6) is 0 Å². The van der Waals surface area contributed by atoms with Crippen LogP contribution in [0.1, 0.15) is 23.2 Å². The molecule has 4 heteroatoms. The van der Waals surface area contributed by atoms with Gasteiger partial charge in [-0.1, -0.05) is 60.7 Å². The van der Waals surface area contributed by atoms with Gasteiger partial charge in [-0.05, 0) is 23.3 Å². The molecule has 0 aromatic heterocycles. The average molecular weight is 269 g/mol. The van der Waals surface area contributed by atoms with Crippen molar-refractivity contribution >= 4 is 17.3 Å². The van der Waals surface area contributed by atoms with Gasteiger partial charge < -0.3 is 5.32 Å². The van der Waals surface area contributed by atoms with Crippen LogP contribution in [0.3, 0.4) is 0 Å². The minimum atomic E-state index is 0.123. The van der Waals surface area contributed by atoms with Gasteiger partial charge in [-0.2, -0.15) is 0 Å². The molecule has 0 bridgehead atoms. The van der Waals surface area contributed by atoms with Crippen molar-refractivity contribution in [1.29, 1.82) is 0 Å². The summed E-state index contributed by atoms with van der Waals surface area (Å²) in [6.07, 6.45) is 0. The van der Waals surface area contributed by atoms with E-state index in [-0.39, 0.29) is 12.1 Å². The van der Waals surface area contributed by atoms with Crippen LogP contribution >= 0.6 is 12.2 Å². The maximum absolute atomic E-state index is 5.20. The summed E-state index contributed by atoms with van der Waals surface area (Å²) in [5.74, 6) is 0. The zero-order valence-corrected chi connectivity index (χ0v) is 11.2. The molecule has 3 nitrogen and oxygen atoms in total. The van der Waals surface area contributed by atoms with E-state index in [4.69, 9.17) is 12.2 Å². The average Bonchev–Trinajstić information content (AvgIpc) is 2.49. The third-order valence-electron chi connectivity index (χ3n) is 3.28. The maximum atomic E-state index is 5.20. The minimum Gasteiger partial charge on any atom is -0.353 e. The first-order chi connectivity index (χ1) is 9.34. The fourth-order valence-corrected chi connectivity index (χ4v) is 2.55. The first-order valence-corrected chi connectivity index (χ1v) is 6.67. The van der Waals surface area contributed by atoms with E-state index in [9.17, 15) is 0 Å². The molecular formula is C15H15N3S. The first kappa shape index (κ1) is 12.1. The summed E-state index contributed by atoms with van der Waals surface area (Å²) in [7, 11) is 0. The monoisotopic (exact) mass is 269 g/mol. The van der Waals surface area contributed by atoms with Gasteiger partial charge in [0.25, 0.3) is 0 Å². The molecule has 3 rings (SSSR count). The third kappa shape index (κ3) is 2.59. The number of rotatable bonds is 2. The molecule has 1 aliphatic rings. The Morgan fingerprint density at radius 1 is 0.737 bits per heavy atom. The van der Waals surface area contributed by atoms with E-state index in [1.807, 2.05) is 36.4 Å². The lowest BCUT2D eigenvalue weighted by Gasteiger charge is -2.35. The summed E-state index contributed by atoms with van der Waals surface area (Å²) < 4.78 is 0. The van der Waals surface area contributed by atoms with Crippen LogP contribution in [0.2, 0.25) is 0 Å². The van der Waals surface area contributed by atoms with Crippen LogP contribution in [0.15, 0.2) is 60.7 Å². The molecule has 1 fully saturated rings. The molecule has 0 saturated carbocycles. The maximum Gasteiger partial charge on any atom is 0.181 e. The lowest BCUT2D eigenvalue weighted by atomic mass is 9.93. The van der Waals surface area contributed by atoms with Gasteiger partial charge >= 0.3 is 0 Å². The second-order valence-electron chi connectivity index (χ2n) is 4.52. The lowest BCUT2D eigenvalue weighted by Crippen LogP contribution is -2.56. The number of hydrogen-bond acceptors (Lipinski definition) is 2. The van der Waals surface area contributed by atoms with Crippen LogP contribution in [0.4, 0.5) is 0 Å². The molecule has 0 spiro atoms. The molecule has 0 aliphatic carbocycles. The van der Waals surface area contributed by atoms with Crippen molar-refractivity contribution in [2.24, 2.45) is 0 Å². The van der Waals surface area contributed by atoms with Crippen LogP contribution < -0.4 is 16.2 Å². The fraction of sp³-hybridized carbons (Fsp3) is 0.133. The number of thiocarbonyl (C=S) groups is 1. The molecule has 96 valence electrons. The van der Waals surface area contributed by atoms with E-state index in [1.165, 1.54) is 11.1 Å². The van der Waals surface area contributed by atoms with Crippen molar-refractivity contribution in [3.63, 3.8) is 0 Å². The molecule has 2 aromatic carbocycles. The fourth-order valence-electron chi connectivity index (χ4n) is 2.36. The molecule has 1 aliphatic heterocycles. The van der Waals surface area contributed by atoms with Gasteiger partial charge in [-0.15, -0.1) is 0 Å². The van der Waals surface area contributed by atoms with Gasteiger partial charge in [-0.3, -0.25) is 5.43 Å². The Bertz CT molecular complexity index is 556. The summed E-state index contributed by atoms with van der Waals surface area (Å²) in [6.45, 7) is 0. The normalized spacial score (nSPS) is 22.4. The number of hydrazine groups is 1. The third-order valence-corrected chi connectivity index (χ3v) is 3.50. The van der Waals surface area contributed by atoms with Crippen molar-refractivity contribution in [2.75, 3.05) is 0 Å². The van der Waals surface area contributed by atoms with Crippen molar-refractivity contribution < 1.29 is 0 Å². The van der Waals surface area contributed by atoms with E-state index in [2.05, 4.69) is 40.4 Å². The molecular weight excluding hydrogens is 254 g/mol. The summed E-state index contributed by atoms with van der Waals surface area (Å²) >= 11 is 5.20. The summed E-state index contributed by atoms with van der Waals surface area (Å²) in [4.78, 5) is 0. The Hall–Kier alpha value is -1.91. The number of nitrogens with one attached hydrogen (secondary N) is 3. The summed E-state index contributed by atoms with van der Waals surface area (Å²) in [5.41, 5.74) is 8.72. The molecule has 2 aromatic rings. The van der Waals surface area contributed by atoms with Crippen molar-refractivity contribution in [3.05, 3.63) is 71.8 Å². The van der Waals surface area contributed by atoms with Crippen molar-refractivity contribution in [2.45, 2.75) is 12.1 Å². The van der Waals surface area contributed by atoms with E-state index in [0.29, 0.717) is 5.11 Å². The standard InChI is InChI=1S/C15H15N3S/c19-15-16-13(11-7-3-1-4-8-11)14(17-18-15)12-9-5-2-6-10-12/h1-10,13-14,17H,(H2,16,18,19). The Morgan fingerprint density at radius 2 is 1.26 bits per heavy atom. The second-order valence-corrected chi connectivity index (χ2v) is 4.93. The molecule has 2 atom stereocenters. The zero-order chi connectivity index (χ0) is 13.1. The topological polar surface area (TPSA) is 36.1 Å². The van der Waals surface area contributed by atoms with Gasteiger partial charge in [0.1, 0.15) is 0 Å². The highest BCUT2D eigenvalue weighted by Crippen LogP contribution is 2.29. The molecule has 1 saturated heterocycles. The van der Waals surface area contributed by atoms with E-state index in [1.54, 1.807) is 0 Å². The van der Waals surface area contributed by atoms with Crippen LogP contribution in [0, 0.1) is 0 Å². The van der Waals surface area contributed by atoms with Crippen LogP contribution in [-0.2, 0) is 0 Å². The van der Waals surface area contributed by atoms with Crippen LogP contribution in [0.25, 0.3) is 0 Å². The largest absolute Gasteiger partial charge is 0.353 e. The smallest absolute Gasteiger partial charge is 0.181 e. The first-order valence-electron chi connectivity index (χ1n) is 6.26. The Morgan fingerprint density at radius 3 is 1.84 bits per heavy atom. The Kier molecular flexibility index (Phi) is 3.44. The second kappa shape index (κ2) is 5.38. The van der Waals surface area contributed by atoms with Gasteiger partial charge in [0.15, 0.2) is 5.11 Å². The minimum absolute atomic E-state index is 0.123.